The van der Waals surface area contributed by atoms with Crippen molar-refractivity contribution in [3.05, 3.63) is 70.6 Å². The normalized spacial score (nSPS) is 12.7. The van der Waals surface area contributed by atoms with E-state index in [1.165, 1.54) is 26.1 Å². The van der Waals surface area contributed by atoms with Crippen LogP contribution < -0.4 is 5.32 Å². The van der Waals surface area contributed by atoms with E-state index in [1.54, 1.807) is 0 Å². The minimum absolute atomic E-state index is 0.275. The quantitative estimate of drug-likeness (QED) is 0.735. The maximum atomic E-state index is 3.43. The van der Waals surface area contributed by atoms with Crippen molar-refractivity contribution in [1.82, 2.24) is 5.32 Å². The Morgan fingerprint density at radius 2 is 1.84 bits per heavy atom. The monoisotopic (exact) mass is 267 g/mol. The molecule has 0 saturated heterocycles. The molecule has 1 heterocycles. The molecule has 0 aliphatic rings. The van der Waals surface area contributed by atoms with Gasteiger partial charge >= 0.3 is 0 Å². The van der Waals surface area contributed by atoms with Gasteiger partial charge in [-0.05, 0) is 37.1 Å². The van der Waals surface area contributed by atoms with Crippen molar-refractivity contribution in [3.8, 4) is 0 Å². The Balaban J connectivity index is 2.06. The van der Waals surface area contributed by atoms with E-state index in [9.17, 15) is 0 Å². The van der Waals surface area contributed by atoms with Crippen LogP contribution in [0.5, 0.6) is 0 Å². The van der Waals surface area contributed by atoms with Gasteiger partial charge in [-0.3, -0.25) is 0 Å². The Bertz CT molecular complexity index is 666. The molecule has 3 aromatic rings. The number of aryl methyl sites for hydroxylation is 1. The molecule has 0 radical (unpaired) electrons. The molecule has 1 nitrogen and oxygen atoms in total. The summed E-state index contributed by atoms with van der Waals surface area (Å²) in [5.74, 6) is 0. The van der Waals surface area contributed by atoms with E-state index in [2.05, 4.69) is 66.8 Å². The van der Waals surface area contributed by atoms with Crippen LogP contribution in [-0.2, 0) is 0 Å². The molecule has 2 heteroatoms. The highest BCUT2D eigenvalue weighted by atomic mass is 32.1. The first-order chi connectivity index (χ1) is 9.28. The Kier molecular flexibility index (Phi) is 3.36. The van der Waals surface area contributed by atoms with Gasteiger partial charge < -0.3 is 5.32 Å². The molecule has 0 amide bonds. The molecule has 0 aliphatic heterocycles. The summed E-state index contributed by atoms with van der Waals surface area (Å²) in [5.41, 5.74) is 2.63. The van der Waals surface area contributed by atoms with Crippen molar-refractivity contribution < 1.29 is 0 Å². The maximum Gasteiger partial charge on any atom is 0.0669 e. The fourth-order valence-electron chi connectivity index (χ4n) is 2.47. The van der Waals surface area contributed by atoms with E-state index in [1.807, 2.05) is 18.4 Å². The van der Waals surface area contributed by atoms with Gasteiger partial charge in [-0.2, -0.15) is 0 Å². The highest BCUT2D eigenvalue weighted by molar-refractivity contribution is 7.19. The standard InChI is InChI=1S/C17H17NS/c1-12-6-5-8-14(10-12)17(18-2)16-11-13-7-3-4-9-15(13)19-16/h3-11,17-18H,1-2H3. The van der Waals surface area contributed by atoms with Crippen LogP contribution in [-0.4, -0.2) is 7.05 Å². The number of hydrogen-bond donors (Lipinski definition) is 1. The fourth-order valence-corrected chi connectivity index (χ4v) is 3.67. The lowest BCUT2D eigenvalue weighted by molar-refractivity contribution is 0.703. The van der Waals surface area contributed by atoms with Crippen molar-refractivity contribution in [2.75, 3.05) is 7.05 Å². The first kappa shape index (κ1) is 12.4. The SMILES string of the molecule is CNC(c1cccc(C)c1)c1cc2ccccc2s1. The summed E-state index contributed by atoms with van der Waals surface area (Å²) in [5, 5.41) is 4.76. The molecule has 1 unspecified atom stereocenters. The van der Waals surface area contributed by atoms with Crippen LogP contribution in [0.1, 0.15) is 22.0 Å². The minimum atomic E-state index is 0.275. The number of rotatable bonds is 3. The highest BCUT2D eigenvalue weighted by Gasteiger charge is 2.14. The van der Waals surface area contributed by atoms with E-state index in [-0.39, 0.29) is 6.04 Å². The van der Waals surface area contributed by atoms with Gasteiger partial charge in [-0.1, -0.05) is 48.0 Å². The number of nitrogens with one attached hydrogen (secondary N) is 1. The van der Waals surface area contributed by atoms with Gasteiger partial charge in [0.25, 0.3) is 0 Å². The summed E-state index contributed by atoms with van der Waals surface area (Å²) in [7, 11) is 2.03. The number of fused-ring (bicyclic) bond motifs is 1. The lowest BCUT2D eigenvalue weighted by Crippen LogP contribution is -2.16. The van der Waals surface area contributed by atoms with Crippen molar-refractivity contribution >= 4 is 21.4 Å². The zero-order valence-electron chi connectivity index (χ0n) is 11.2. The van der Waals surface area contributed by atoms with E-state index in [0.717, 1.165) is 0 Å². The number of hydrogen-bond acceptors (Lipinski definition) is 2. The van der Waals surface area contributed by atoms with Gasteiger partial charge in [-0.15, -0.1) is 11.3 Å². The molecule has 0 aliphatic carbocycles. The summed E-state index contributed by atoms with van der Waals surface area (Å²) in [6, 6.07) is 19.9. The zero-order valence-corrected chi connectivity index (χ0v) is 12.0. The fraction of sp³-hybridized carbons (Fsp3) is 0.176. The summed E-state index contributed by atoms with van der Waals surface area (Å²) in [4.78, 5) is 1.37. The van der Waals surface area contributed by atoms with Crippen molar-refractivity contribution in [2.45, 2.75) is 13.0 Å². The Morgan fingerprint density at radius 3 is 2.58 bits per heavy atom. The average molecular weight is 267 g/mol. The number of benzene rings is 2. The summed E-state index contributed by atoms with van der Waals surface area (Å²) < 4.78 is 1.35. The van der Waals surface area contributed by atoms with Crippen LogP contribution in [0, 0.1) is 6.92 Å². The van der Waals surface area contributed by atoms with Crippen LogP contribution in [0.2, 0.25) is 0 Å². The van der Waals surface area contributed by atoms with Gasteiger partial charge in [0.2, 0.25) is 0 Å². The van der Waals surface area contributed by atoms with Gasteiger partial charge in [0.15, 0.2) is 0 Å². The van der Waals surface area contributed by atoms with Crippen LogP contribution in [0.3, 0.4) is 0 Å². The molecular weight excluding hydrogens is 250 g/mol. The molecule has 0 fully saturated rings. The number of thiophene rings is 1. The van der Waals surface area contributed by atoms with Crippen LogP contribution in [0.4, 0.5) is 0 Å². The van der Waals surface area contributed by atoms with Crippen LogP contribution in [0.25, 0.3) is 10.1 Å². The summed E-state index contributed by atoms with van der Waals surface area (Å²) in [6.45, 7) is 2.14. The van der Waals surface area contributed by atoms with Crippen molar-refractivity contribution in [3.63, 3.8) is 0 Å². The first-order valence-electron chi connectivity index (χ1n) is 6.50. The lowest BCUT2D eigenvalue weighted by Gasteiger charge is -2.15. The maximum absolute atomic E-state index is 3.43. The van der Waals surface area contributed by atoms with Gasteiger partial charge in [0, 0.05) is 9.58 Å². The Hall–Kier alpha value is -1.64. The molecule has 0 bridgehead atoms. The highest BCUT2D eigenvalue weighted by Crippen LogP contribution is 2.33. The Labute approximate surface area is 117 Å². The molecular formula is C17H17NS. The molecule has 96 valence electrons. The second-order valence-corrected chi connectivity index (χ2v) is 5.94. The van der Waals surface area contributed by atoms with E-state index >= 15 is 0 Å². The van der Waals surface area contributed by atoms with E-state index < -0.39 is 0 Å². The summed E-state index contributed by atoms with van der Waals surface area (Å²) in [6.07, 6.45) is 0. The smallest absolute Gasteiger partial charge is 0.0669 e. The molecule has 3 rings (SSSR count). The molecule has 1 aromatic heterocycles. The first-order valence-corrected chi connectivity index (χ1v) is 7.32. The van der Waals surface area contributed by atoms with Crippen LogP contribution in [0.15, 0.2) is 54.6 Å². The van der Waals surface area contributed by atoms with E-state index in [4.69, 9.17) is 0 Å². The second kappa shape index (κ2) is 5.16. The van der Waals surface area contributed by atoms with Gasteiger partial charge in [0.05, 0.1) is 6.04 Å². The Morgan fingerprint density at radius 1 is 1.00 bits per heavy atom. The van der Waals surface area contributed by atoms with Gasteiger partial charge in [0.1, 0.15) is 0 Å². The molecule has 2 aromatic carbocycles. The summed E-state index contributed by atoms with van der Waals surface area (Å²) >= 11 is 1.87. The molecule has 19 heavy (non-hydrogen) atoms. The van der Waals surface area contributed by atoms with Gasteiger partial charge in [-0.25, -0.2) is 0 Å². The van der Waals surface area contributed by atoms with E-state index in [0.29, 0.717) is 0 Å². The molecule has 0 saturated carbocycles. The lowest BCUT2D eigenvalue weighted by atomic mass is 10.0. The zero-order chi connectivity index (χ0) is 13.2. The minimum Gasteiger partial charge on any atom is -0.309 e. The van der Waals surface area contributed by atoms with Crippen molar-refractivity contribution in [1.29, 1.82) is 0 Å². The predicted octanol–water partition coefficient (Wildman–Crippen LogP) is 4.52. The molecule has 1 N–H and O–H groups in total. The third-order valence-electron chi connectivity index (χ3n) is 3.39. The average Bonchev–Trinajstić information content (AvgIpc) is 2.83. The topological polar surface area (TPSA) is 12.0 Å². The third kappa shape index (κ3) is 2.42. The largest absolute Gasteiger partial charge is 0.309 e. The second-order valence-electron chi connectivity index (χ2n) is 4.82. The van der Waals surface area contributed by atoms with Crippen molar-refractivity contribution in [2.24, 2.45) is 0 Å². The third-order valence-corrected chi connectivity index (χ3v) is 4.57. The molecule has 1 atom stereocenters. The van der Waals surface area contributed by atoms with Crippen LogP contribution >= 0.6 is 11.3 Å². The predicted molar refractivity (Wildman–Crippen MR) is 83.9 cm³/mol. The molecule has 0 spiro atoms.